The highest BCUT2D eigenvalue weighted by Gasteiger charge is 2.30. The summed E-state index contributed by atoms with van der Waals surface area (Å²) in [5.74, 6) is 6.24. The summed E-state index contributed by atoms with van der Waals surface area (Å²) in [4.78, 5) is 18.2. The molecule has 1 aliphatic heterocycles. The first-order valence-corrected chi connectivity index (χ1v) is 12.6. The number of likely N-dealkylation sites (tertiary alicyclic amines) is 1. The van der Waals surface area contributed by atoms with Crippen LogP contribution in [-0.2, 0) is 11.2 Å². The topological polar surface area (TPSA) is 62.7 Å². The zero-order valence-electron chi connectivity index (χ0n) is 20.3. The Morgan fingerprint density at radius 1 is 1.25 bits per heavy atom. The van der Waals surface area contributed by atoms with Crippen molar-refractivity contribution >= 4 is 28.5 Å². The molecule has 5 nitrogen and oxygen atoms in total. The molecule has 0 saturated carbocycles. The maximum absolute atomic E-state index is 13.2. The quantitative estimate of drug-likeness (QED) is 0.388. The molecule has 0 unspecified atom stereocenters. The lowest BCUT2D eigenvalue weighted by atomic mass is 9.80. The number of pyridine rings is 1. The number of aliphatic carboxylic acids is 1. The first-order valence-electron chi connectivity index (χ1n) is 12.2. The van der Waals surface area contributed by atoms with Gasteiger partial charge in [0.05, 0.1) is 24.2 Å². The summed E-state index contributed by atoms with van der Waals surface area (Å²) in [5.41, 5.74) is 2.78. The molecule has 0 radical (unpaired) electrons. The lowest BCUT2D eigenvalue weighted by molar-refractivity contribution is -0.139. The number of aryl methyl sites for hydroxylation is 1. The van der Waals surface area contributed by atoms with E-state index in [0.29, 0.717) is 29.6 Å². The number of piperidine rings is 1. The van der Waals surface area contributed by atoms with Gasteiger partial charge in [-0.3, -0.25) is 14.7 Å². The summed E-state index contributed by atoms with van der Waals surface area (Å²) in [6, 6.07) is 12.2. The smallest absolute Gasteiger partial charge is 0.303 e. The minimum atomic E-state index is -0.761. The normalized spacial score (nSPS) is 18.0. The Bertz CT molecular complexity index is 1290. The Morgan fingerprint density at radius 3 is 2.89 bits per heavy atom. The van der Waals surface area contributed by atoms with Crippen molar-refractivity contribution in [3.8, 4) is 17.6 Å². The van der Waals surface area contributed by atoms with Gasteiger partial charge in [0.15, 0.2) is 0 Å². The number of carboxylic acids is 1. The van der Waals surface area contributed by atoms with Gasteiger partial charge in [-0.05, 0) is 92.1 Å². The third-order valence-corrected chi connectivity index (χ3v) is 7.24. The summed E-state index contributed by atoms with van der Waals surface area (Å²) < 4.78 is 18.6. The fraction of sp³-hybridized carbons (Fsp3) is 0.379. The molecule has 0 spiro atoms. The molecule has 188 valence electrons. The van der Waals surface area contributed by atoms with Crippen molar-refractivity contribution in [3.05, 3.63) is 70.6 Å². The van der Waals surface area contributed by atoms with E-state index in [1.54, 1.807) is 13.2 Å². The standard InChI is InChI=1S/C29H30ClFN2O3/c1-36-25-9-10-28-26(18-25)21(11-13-32-28)5-2-4-20-12-15-33(19-23(20)16-29(34)35)14-3-6-22-7-8-24(31)17-27(22)30/h7-11,13,17-18,20,23H,2,4-5,12,14-16,19H2,1H3,(H,34,35)/t20-,23+/m1/s1. The predicted octanol–water partition coefficient (Wildman–Crippen LogP) is 5.82. The molecule has 0 bridgehead atoms. The van der Waals surface area contributed by atoms with Gasteiger partial charge in [-0.15, -0.1) is 0 Å². The minimum Gasteiger partial charge on any atom is -0.497 e. The van der Waals surface area contributed by atoms with E-state index in [2.05, 4.69) is 27.8 Å². The number of hydrogen-bond acceptors (Lipinski definition) is 4. The number of hydrogen-bond donors (Lipinski definition) is 1. The number of halogens is 2. The number of carbonyl (C=O) groups is 1. The van der Waals surface area contributed by atoms with Crippen molar-refractivity contribution < 1.29 is 19.0 Å². The van der Waals surface area contributed by atoms with Crippen molar-refractivity contribution in [1.82, 2.24) is 9.88 Å². The summed E-state index contributed by atoms with van der Waals surface area (Å²) in [7, 11) is 1.66. The Morgan fingerprint density at radius 2 is 2.11 bits per heavy atom. The van der Waals surface area contributed by atoms with Crippen LogP contribution in [0.1, 0.15) is 36.8 Å². The molecule has 1 saturated heterocycles. The first-order chi connectivity index (χ1) is 17.4. The number of methoxy groups -OCH3 is 1. The Hall–Kier alpha value is -3.14. The molecule has 4 rings (SSSR count). The average molecular weight is 509 g/mol. The summed E-state index contributed by atoms with van der Waals surface area (Å²) in [6.45, 7) is 2.11. The summed E-state index contributed by atoms with van der Waals surface area (Å²) >= 11 is 6.06. The van der Waals surface area contributed by atoms with Gasteiger partial charge >= 0.3 is 5.97 Å². The maximum Gasteiger partial charge on any atom is 0.303 e. The van der Waals surface area contributed by atoms with Crippen molar-refractivity contribution in [2.24, 2.45) is 11.8 Å². The second-order valence-electron chi connectivity index (χ2n) is 9.31. The second kappa shape index (κ2) is 12.2. The summed E-state index contributed by atoms with van der Waals surface area (Å²) in [5, 5.41) is 10.9. The van der Waals surface area contributed by atoms with Crippen LogP contribution in [0.25, 0.3) is 10.9 Å². The molecule has 1 fully saturated rings. The molecule has 0 amide bonds. The van der Waals surface area contributed by atoms with Crippen LogP contribution in [0.5, 0.6) is 5.75 Å². The van der Waals surface area contributed by atoms with E-state index in [1.165, 1.54) is 17.7 Å². The number of fused-ring (bicyclic) bond motifs is 1. The van der Waals surface area contributed by atoms with Gasteiger partial charge in [-0.1, -0.05) is 23.4 Å². The van der Waals surface area contributed by atoms with Crippen LogP contribution in [0.3, 0.4) is 0 Å². The number of carboxylic acid groups (broad SMARTS) is 1. The van der Waals surface area contributed by atoms with Gasteiger partial charge in [0.1, 0.15) is 11.6 Å². The van der Waals surface area contributed by atoms with Crippen LogP contribution < -0.4 is 4.74 Å². The monoisotopic (exact) mass is 508 g/mol. The molecular weight excluding hydrogens is 479 g/mol. The molecule has 36 heavy (non-hydrogen) atoms. The Kier molecular flexibility index (Phi) is 8.79. The molecule has 0 aliphatic carbocycles. The van der Waals surface area contributed by atoms with E-state index in [0.717, 1.165) is 48.9 Å². The fourth-order valence-corrected chi connectivity index (χ4v) is 5.27. The van der Waals surface area contributed by atoms with Crippen LogP contribution in [0, 0.1) is 29.5 Å². The van der Waals surface area contributed by atoms with Crippen molar-refractivity contribution in [2.75, 3.05) is 26.7 Å². The molecule has 3 aromatic rings. The van der Waals surface area contributed by atoms with E-state index in [-0.39, 0.29) is 18.2 Å². The van der Waals surface area contributed by atoms with Gasteiger partial charge in [0, 0.05) is 30.1 Å². The largest absolute Gasteiger partial charge is 0.497 e. The highest BCUT2D eigenvalue weighted by Crippen LogP contribution is 2.31. The number of nitrogens with zero attached hydrogens (tertiary/aromatic N) is 2. The molecule has 2 atom stereocenters. The third-order valence-electron chi connectivity index (χ3n) is 6.93. The molecule has 1 N–H and O–H groups in total. The molecular formula is C29H30ClFN2O3. The van der Waals surface area contributed by atoms with Gasteiger partial charge in [-0.25, -0.2) is 4.39 Å². The van der Waals surface area contributed by atoms with E-state index in [1.807, 2.05) is 24.4 Å². The van der Waals surface area contributed by atoms with Crippen LogP contribution >= 0.6 is 11.6 Å². The van der Waals surface area contributed by atoms with Crippen LogP contribution in [0.4, 0.5) is 4.39 Å². The molecule has 1 aromatic heterocycles. The van der Waals surface area contributed by atoms with Crippen LogP contribution in [-0.4, -0.2) is 47.7 Å². The zero-order valence-corrected chi connectivity index (χ0v) is 21.1. The fourth-order valence-electron chi connectivity index (χ4n) is 5.05. The second-order valence-corrected chi connectivity index (χ2v) is 9.72. The zero-order chi connectivity index (χ0) is 25.5. The predicted molar refractivity (Wildman–Crippen MR) is 140 cm³/mol. The van der Waals surface area contributed by atoms with E-state index in [9.17, 15) is 14.3 Å². The lowest BCUT2D eigenvalue weighted by Crippen LogP contribution is -2.41. The van der Waals surface area contributed by atoms with Gasteiger partial charge < -0.3 is 9.84 Å². The first kappa shape index (κ1) is 25.9. The SMILES string of the molecule is COc1ccc2nccc(CCC[C@@H]3CCN(CC#Cc4ccc(F)cc4Cl)C[C@@H]3CC(=O)O)c2c1. The van der Waals surface area contributed by atoms with Gasteiger partial charge in [-0.2, -0.15) is 0 Å². The van der Waals surface area contributed by atoms with Crippen molar-refractivity contribution in [1.29, 1.82) is 0 Å². The van der Waals surface area contributed by atoms with Gasteiger partial charge in [0.2, 0.25) is 0 Å². The highest BCUT2D eigenvalue weighted by atomic mass is 35.5. The van der Waals surface area contributed by atoms with Crippen LogP contribution in [0.15, 0.2) is 48.7 Å². The van der Waals surface area contributed by atoms with E-state index < -0.39 is 5.97 Å². The Labute approximate surface area is 216 Å². The van der Waals surface area contributed by atoms with E-state index in [4.69, 9.17) is 16.3 Å². The third kappa shape index (κ3) is 6.75. The number of ether oxygens (including phenoxy) is 1. The van der Waals surface area contributed by atoms with Gasteiger partial charge in [0.25, 0.3) is 0 Å². The molecule has 2 heterocycles. The number of rotatable bonds is 8. The summed E-state index contributed by atoms with van der Waals surface area (Å²) in [6.07, 6.45) is 5.83. The average Bonchev–Trinajstić information content (AvgIpc) is 2.86. The Balaban J connectivity index is 1.35. The molecule has 1 aliphatic rings. The highest BCUT2D eigenvalue weighted by molar-refractivity contribution is 6.31. The molecule has 2 aromatic carbocycles. The van der Waals surface area contributed by atoms with Crippen molar-refractivity contribution in [2.45, 2.75) is 32.1 Å². The van der Waals surface area contributed by atoms with E-state index >= 15 is 0 Å². The number of aromatic nitrogens is 1. The lowest BCUT2D eigenvalue weighted by Gasteiger charge is -2.37. The van der Waals surface area contributed by atoms with Crippen molar-refractivity contribution in [3.63, 3.8) is 0 Å². The van der Waals surface area contributed by atoms with Crippen LogP contribution in [0.2, 0.25) is 5.02 Å². The molecule has 7 heteroatoms. The number of benzene rings is 2. The minimum absolute atomic E-state index is 0.0849. The maximum atomic E-state index is 13.2.